The Morgan fingerprint density at radius 2 is 1.83 bits per heavy atom. The normalized spacial score (nSPS) is 23.5. The first-order valence-corrected chi connectivity index (χ1v) is 7.28. The highest BCUT2D eigenvalue weighted by molar-refractivity contribution is 6.28. The first-order chi connectivity index (χ1) is 11.0. The Labute approximate surface area is 134 Å². The monoisotopic (exact) mass is 318 g/mol. The fourth-order valence-corrected chi connectivity index (χ4v) is 3.08. The van der Waals surface area contributed by atoms with Crippen molar-refractivity contribution in [3.05, 3.63) is 34.4 Å². The van der Waals surface area contributed by atoms with Crippen LogP contribution in [0.2, 0.25) is 0 Å². The fraction of sp³-hybridized carbons (Fsp3) is 0.412. The quantitative estimate of drug-likeness (QED) is 0.850. The van der Waals surface area contributed by atoms with Crippen molar-refractivity contribution >= 4 is 11.6 Å². The molecule has 6 nitrogen and oxygen atoms in total. The average Bonchev–Trinajstić information content (AvgIpc) is 2.57. The molecule has 0 N–H and O–H groups in total. The number of carbonyl (C=O) groups excluding carboxylic acids is 2. The predicted octanol–water partition coefficient (Wildman–Crippen LogP) is 2.16. The van der Waals surface area contributed by atoms with Gasteiger partial charge >= 0.3 is 0 Å². The molecule has 1 aromatic rings. The Morgan fingerprint density at radius 1 is 1.09 bits per heavy atom. The van der Waals surface area contributed by atoms with Crippen molar-refractivity contribution in [1.82, 2.24) is 0 Å². The SMILES string of the molecule is COc1cc(OC)c2c(c1)C(=O)C1=C(C2=O)C(OC)OC(C)C1. The van der Waals surface area contributed by atoms with Gasteiger partial charge in [-0.15, -0.1) is 0 Å². The van der Waals surface area contributed by atoms with Crippen molar-refractivity contribution in [2.45, 2.75) is 25.7 Å². The fourth-order valence-electron chi connectivity index (χ4n) is 3.08. The summed E-state index contributed by atoms with van der Waals surface area (Å²) < 4.78 is 21.4. The molecule has 0 bridgehead atoms. The van der Waals surface area contributed by atoms with Gasteiger partial charge in [-0.25, -0.2) is 0 Å². The second-order valence-corrected chi connectivity index (χ2v) is 5.52. The molecular formula is C17H18O6. The standard InChI is InChI=1S/C17H18O6/c1-8-5-10-14(17(22-4)23-8)16(19)13-11(15(10)18)6-9(20-2)7-12(13)21-3/h6-8,17H,5H2,1-4H3. The molecule has 0 saturated heterocycles. The van der Waals surface area contributed by atoms with Crippen LogP contribution in [0.3, 0.4) is 0 Å². The van der Waals surface area contributed by atoms with E-state index in [0.717, 1.165) is 0 Å². The summed E-state index contributed by atoms with van der Waals surface area (Å²) in [4.78, 5) is 25.9. The molecule has 2 unspecified atom stereocenters. The van der Waals surface area contributed by atoms with Crippen LogP contribution in [0.25, 0.3) is 0 Å². The van der Waals surface area contributed by atoms with Gasteiger partial charge in [-0.3, -0.25) is 9.59 Å². The highest BCUT2D eigenvalue weighted by Gasteiger charge is 2.42. The minimum Gasteiger partial charge on any atom is -0.497 e. The van der Waals surface area contributed by atoms with Crippen LogP contribution in [0.5, 0.6) is 11.5 Å². The molecule has 0 amide bonds. The summed E-state index contributed by atoms with van der Waals surface area (Å²) in [5.41, 5.74) is 1.25. The van der Waals surface area contributed by atoms with Crippen molar-refractivity contribution in [3.63, 3.8) is 0 Å². The van der Waals surface area contributed by atoms with E-state index in [0.29, 0.717) is 29.1 Å². The highest BCUT2D eigenvalue weighted by atomic mass is 16.7. The molecule has 0 aromatic heterocycles. The van der Waals surface area contributed by atoms with Gasteiger partial charge in [0.2, 0.25) is 0 Å². The Hall–Kier alpha value is -2.18. The summed E-state index contributed by atoms with van der Waals surface area (Å²) in [6.45, 7) is 1.84. The van der Waals surface area contributed by atoms with Crippen molar-refractivity contribution in [3.8, 4) is 11.5 Å². The van der Waals surface area contributed by atoms with E-state index in [2.05, 4.69) is 0 Å². The maximum atomic E-state index is 13.0. The van der Waals surface area contributed by atoms with Crippen LogP contribution >= 0.6 is 0 Å². The molecule has 2 atom stereocenters. The second-order valence-electron chi connectivity index (χ2n) is 5.52. The molecule has 1 aliphatic heterocycles. The van der Waals surface area contributed by atoms with Gasteiger partial charge in [-0.2, -0.15) is 0 Å². The lowest BCUT2D eigenvalue weighted by Gasteiger charge is -2.33. The molecule has 0 fully saturated rings. The van der Waals surface area contributed by atoms with Crippen molar-refractivity contribution in [1.29, 1.82) is 0 Å². The van der Waals surface area contributed by atoms with E-state index in [1.165, 1.54) is 21.3 Å². The van der Waals surface area contributed by atoms with E-state index in [-0.39, 0.29) is 28.8 Å². The summed E-state index contributed by atoms with van der Waals surface area (Å²) in [7, 11) is 4.40. The molecule has 23 heavy (non-hydrogen) atoms. The van der Waals surface area contributed by atoms with Crippen LogP contribution in [0.4, 0.5) is 0 Å². The summed E-state index contributed by atoms with van der Waals surface area (Å²) in [5, 5.41) is 0. The molecule has 1 aromatic carbocycles. The van der Waals surface area contributed by atoms with E-state index < -0.39 is 6.29 Å². The lowest BCUT2D eigenvalue weighted by Crippen LogP contribution is -2.38. The Balaban J connectivity index is 2.23. The molecule has 0 saturated carbocycles. The number of rotatable bonds is 3. The molecule has 2 aliphatic rings. The number of carbonyl (C=O) groups is 2. The van der Waals surface area contributed by atoms with Crippen molar-refractivity contribution in [2.24, 2.45) is 0 Å². The lowest BCUT2D eigenvalue weighted by molar-refractivity contribution is -0.133. The molecule has 122 valence electrons. The summed E-state index contributed by atoms with van der Waals surface area (Å²) in [5.74, 6) is 0.267. The first-order valence-electron chi connectivity index (χ1n) is 7.28. The molecule has 3 rings (SSSR count). The number of ether oxygens (including phenoxy) is 4. The molecule has 0 spiro atoms. The zero-order valence-corrected chi connectivity index (χ0v) is 13.5. The van der Waals surface area contributed by atoms with Gasteiger partial charge in [0.1, 0.15) is 11.5 Å². The summed E-state index contributed by atoms with van der Waals surface area (Å²) >= 11 is 0. The largest absolute Gasteiger partial charge is 0.497 e. The predicted molar refractivity (Wildman–Crippen MR) is 81.2 cm³/mol. The van der Waals surface area contributed by atoms with E-state index in [9.17, 15) is 9.59 Å². The zero-order valence-electron chi connectivity index (χ0n) is 13.5. The number of fused-ring (bicyclic) bond motifs is 1. The van der Waals surface area contributed by atoms with Crippen molar-refractivity contribution < 1.29 is 28.5 Å². The van der Waals surface area contributed by atoms with Gasteiger partial charge in [0, 0.05) is 30.7 Å². The van der Waals surface area contributed by atoms with E-state index in [4.69, 9.17) is 18.9 Å². The van der Waals surface area contributed by atoms with Gasteiger partial charge in [-0.05, 0) is 13.0 Å². The number of methoxy groups -OCH3 is 3. The van der Waals surface area contributed by atoms with Gasteiger partial charge in [0.15, 0.2) is 17.9 Å². The number of Topliss-reactive ketones (excluding diaryl/α,β-unsaturated/α-hetero) is 2. The molecular weight excluding hydrogens is 300 g/mol. The zero-order chi connectivity index (χ0) is 16.7. The Morgan fingerprint density at radius 3 is 2.43 bits per heavy atom. The van der Waals surface area contributed by atoms with Gasteiger partial charge in [-0.1, -0.05) is 0 Å². The van der Waals surface area contributed by atoms with Gasteiger partial charge in [0.25, 0.3) is 0 Å². The Kier molecular flexibility index (Phi) is 3.95. The third kappa shape index (κ3) is 2.34. The number of hydrogen-bond donors (Lipinski definition) is 0. The topological polar surface area (TPSA) is 71.1 Å². The van der Waals surface area contributed by atoms with Crippen LogP contribution in [0, 0.1) is 0 Å². The minimum atomic E-state index is -0.842. The van der Waals surface area contributed by atoms with Crippen LogP contribution < -0.4 is 9.47 Å². The lowest BCUT2D eigenvalue weighted by atomic mass is 9.80. The summed E-state index contributed by atoms with van der Waals surface area (Å²) in [6.07, 6.45) is -0.673. The number of hydrogen-bond acceptors (Lipinski definition) is 6. The van der Waals surface area contributed by atoms with Crippen LogP contribution in [0.15, 0.2) is 23.3 Å². The second kappa shape index (κ2) is 5.79. The maximum Gasteiger partial charge on any atom is 0.199 e. The maximum absolute atomic E-state index is 13.0. The van der Waals surface area contributed by atoms with E-state index in [1.807, 2.05) is 6.92 Å². The minimum absolute atomic E-state index is 0.204. The molecule has 1 heterocycles. The molecule has 0 radical (unpaired) electrons. The van der Waals surface area contributed by atoms with Crippen LogP contribution in [0.1, 0.15) is 34.1 Å². The average molecular weight is 318 g/mol. The van der Waals surface area contributed by atoms with Crippen LogP contribution in [-0.4, -0.2) is 45.3 Å². The first kappa shape index (κ1) is 15.7. The smallest absolute Gasteiger partial charge is 0.199 e. The van der Waals surface area contributed by atoms with Crippen LogP contribution in [-0.2, 0) is 9.47 Å². The van der Waals surface area contributed by atoms with E-state index in [1.54, 1.807) is 12.1 Å². The third-order valence-corrected chi connectivity index (χ3v) is 4.14. The van der Waals surface area contributed by atoms with Crippen molar-refractivity contribution in [2.75, 3.05) is 21.3 Å². The molecule has 1 aliphatic carbocycles. The third-order valence-electron chi connectivity index (χ3n) is 4.14. The van der Waals surface area contributed by atoms with Gasteiger partial charge in [0.05, 0.1) is 31.5 Å². The molecule has 6 heteroatoms. The van der Waals surface area contributed by atoms with Gasteiger partial charge < -0.3 is 18.9 Å². The van der Waals surface area contributed by atoms with E-state index >= 15 is 0 Å². The Bertz CT molecular complexity index is 718. The summed E-state index contributed by atoms with van der Waals surface area (Å²) in [6, 6.07) is 3.16. The number of ketones is 2. The highest BCUT2D eigenvalue weighted by Crippen LogP contribution is 2.40. The number of benzene rings is 1.